The van der Waals surface area contributed by atoms with E-state index in [9.17, 15) is 8.42 Å². The zero-order chi connectivity index (χ0) is 12.6. The van der Waals surface area contributed by atoms with E-state index in [2.05, 4.69) is 29.8 Å². The Morgan fingerprint density at radius 1 is 1.12 bits per heavy atom. The first-order chi connectivity index (χ1) is 7.87. The fourth-order valence-electron chi connectivity index (χ4n) is 2.77. The molecule has 17 heavy (non-hydrogen) atoms. The van der Waals surface area contributed by atoms with Crippen LogP contribution in [-0.4, -0.2) is 37.0 Å². The van der Waals surface area contributed by atoms with Gasteiger partial charge in [0.15, 0.2) is 9.84 Å². The predicted molar refractivity (Wildman–Crippen MR) is 72.2 cm³/mol. The molecule has 0 aromatic carbocycles. The Morgan fingerprint density at radius 2 is 1.82 bits per heavy atom. The maximum Gasteiger partial charge on any atom is 0.154 e. The van der Waals surface area contributed by atoms with Gasteiger partial charge in [-0.1, -0.05) is 29.8 Å². The molecule has 0 aromatic heterocycles. The second-order valence-electron chi connectivity index (χ2n) is 5.66. The van der Waals surface area contributed by atoms with Crippen LogP contribution in [0.1, 0.15) is 33.1 Å². The largest absolute Gasteiger partial charge is 0.373 e. The van der Waals surface area contributed by atoms with Crippen LogP contribution in [0.15, 0.2) is 0 Å². The number of sulfone groups is 1. The third-order valence-corrected chi connectivity index (χ3v) is 7.20. The van der Waals surface area contributed by atoms with Gasteiger partial charge in [0.1, 0.15) is 0 Å². The van der Waals surface area contributed by atoms with E-state index in [-0.39, 0.29) is 28.5 Å². The summed E-state index contributed by atoms with van der Waals surface area (Å²) in [7, 11) is -2.89. The monoisotopic (exact) mass is 324 g/mol. The molecule has 1 aliphatic carbocycles. The van der Waals surface area contributed by atoms with Crippen LogP contribution in [0.25, 0.3) is 0 Å². The molecule has 1 aliphatic heterocycles. The quantitative estimate of drug-likeness (QED) is 0.732. The van der Waals surface area contributed by atoms with Crippen LogP contribution >= 0.6 is 15.9 Å². The molecule has 1 saturated carbocycles. The van der Waals surface area contributed by atoms with Crippen LogP contribution in [-0.2, 0) is 14.6 Å². The number of hydrogen-bond acceptors (Lipinski definition) is 3. The fourth-order valence-corrected chi connectivity index (χ4v) is 6.18. The minimum Gasteiger partial charge on any atom is -0.373 e. The molecule has 1 saturated heterocycles. The highest BCUT2D eigenvalue weighted by Gasteiger charge is 2.39. The van der Waals surface area contributed by atoms with Gasteiger partial charge < -0.3 is 4.74 Å². The zero-order valence-corrected chi connectivity index (χ0v) is 12.8. The van der Waals surface area contributed by atoms with Gasteiger partial charge in [0.05, 0.1) is 28.5 Å². The Morgan fingerprint density at radius 3 is 2.35 bits per heavy atom. The average molecular weight is 325 g/mol. The summed E-state index contributed by atoms with van der Waals surface area (Å²) in [6.07, 6.45) is 3.43. The summed E-state index contributed by atoms with van der Waals surface area (Å²) in [5, 5.41) is 0. The minimum atomic E-state index is -2.89. The van der Waals surface area contributed by atoms with Crippen molar-refractivity contribution in [1.82, 2.24) is 0 Å². The number of halogens is 1. The summed E-state index contributed by atoms with van der Waals surface area (Å²) in [4.78, 5) is -0.0258. The summed E-state index contributed by atoms with van der Waals surface area (Å²) < 4.78 is 29.0. The van der Waals surface area contributed by atoms with Gasteiger partial charge in [-0.25, -0.2) is 8.42 Å². The lowest BCUT2D eigenvalue weighted by Crippen LogP contribution is -2.33. The summed E-state index contributed by atoms with van der Waals surface area (Å²) in [6.45, 7) is 4.55. The molecule has 100 valence electrons. The predicted octanol–water partition coefficient (Wildman–Crippen LogP) is 2.39. The second-order valence-corrected chi connectivity index (χ2v) is 8.99. The molecular formula is C12H21BrO3S. The Labute approximate surface area is 112 Å². The van der Waals surface area contributed by atoms with Crippen LogP contribution < -0.4 is 0 Å². The minimum absolute atomic E-state index is 0.0258. The molecular weight excluding hydrogens is 304 g/mol. The third kappa shape index (κ3) is 3.44. The molecule has 1 heterocycles. The highest BCUT2D eigenvalue weighted by Crippen LogP contribution is 2.33. The van der Waals surface area contributed by atoms with Crippen LogP contribution in [0, 0.1) is 11.8 Å². The van der Waals surface area contributed by atoms with Gasteiger partial charge in [0, 0.05) is 0 Å². The Balaban J connectivity index is 1.90. The van der Waals surface area contributed by atoms with Crippen molar-refractivity contribution in [3.8, 4) is 0 Å². The topological polar surface area (TPSA) is 43.4 Å². The highest BCUT2D eigenvalue weighted by atomic mass is 79.9. The molecule has 0 N–H and O–H groups in total. The molecule has 5 heteroatoms. The van der Waals surface area contributed by atoms with Crippen molar-refractivity contribution in [3.05, 3.63) is 0 Å². The van der Waals surface area contributed by atoms with E-state index < -0.39 is 9.84 Å². The third-order valence-electron chi connectivity index (χ3n) is 4.15. The SMILES string of the molecule is CC1CCC(OC2CS(=O)(=O)CC2Br)CC1C. The Kier molecular flexibility index (Phi) is 4.20. The van der Waals surface area contributed by atoms with Crippen molar-refractivity contribution in [3.63, 3.8) is 0 Å². The lowest BCUT2D eigenvalue weighted by molar-refractivity contribution is -0.0333. The van der Waals surface area contributed by atoms with E-state index in [0.29, 0.717) is 5.92 Å². The summed E-state index contributed by atoms with van der Waals surface area (Å²) in [6, 6.07) is 0. The first-order valence-corrected chi connectivity index (χ1v) is 9.11. The maximum atomic E-state index is 11.5. The molecule has 0 bridgehead atoms. The van der Waals surface area contributed by atoms with Gasteiger partial charge in [-0.15, -0.1) is 0 Å². The molecule has 2 rings (SSSR count). The summed E-state index contributed by atoms with van der Waals surface area (Å²) in [5.41, 5.74) is 0. The molecule has 3 nitrogen and oxygen atoms in total. The van der Waals surface area contributed by atoms with Gasteiger partial charge in [-0.2, -0.15) is 0 Å². The van der Waals surface area contributed by atoms with Crippen LogP contribution in [0.4, 0.5) is 0 Å². The van der Waals surface area contributed by atoms with Crippen LogP contribution in [0.2, 0.25) is 0 Å². The van der Waals surface area contributed by atoms with Gasteiger partial charge in [0.2, 0.25) is 0 Å². The first-order valence-electron chi connectivity index (χ1n) is 6.37. The van der Waals surface area contributed by atoms with Crippen LogP contribution in [0.5, 0.6) is 0 Å². The van der Waals surface area contributed by atoms with E-state index in [1.165, 1.54) is 6.42 Å². The Hall–Kier alpha value is 0.390. The average Bonchev–Trinajstić information content (AvgIpc) is 2.46. The standard InChI is InChI=1S/C12H21BrO3S/c1-8-3-4-10(5-9(8)2)16-12-7-17(14,15)6-11(12)13/h8-12H,3-7H2,1-2H3. The van der Waals surface area contributed by atoms with E-state index >= 15 is 0 Å². The molecule has 2 aliphatic rings. The first kappa shape index (κ1) is 13.8. The molecule has 0 radical (unpaired) electrons. The normalized spacial score (nSPS) is 45.9. The summed E-state index contributed by atoms with van der Waals surface area (Å²) >= 11 is 3.43. The van der Waals surface area contributed by atoms with Crippen molar-refractivity contribution in [1.29, 1.82) is 0 Å². The van der Waals surface area contributed by atoms with E-state index in [4.69, 9.17) is 4.74 Å². The molecule has 5 unspecified atom stereocenters. The highest BCUT2D eigenvalue weighted by molar-refractivity contribution is 9.09. The van der Waals surface area contributed by atoms with Crippen LogP contribution in [0.3, 0.4) is 0 Å². The van der Waals surface area contributed by atoms with E-state index in [1.807, 2.05) is 0 Å². The molecule has 0 amide bonds. The Bertz CT molecular complexity index is 368. The maximum absolute atomic E-state index is 11.5. The van der Waals surface area contributed by atoms with Crippen molar-refractivity contribution < 1.29 is 13.2 Å². The smallest absolute Gasteiger partial charge is 0.154 e. The van der Waals surface area contributed by atoms with Gasteiger partial charge in [-0.05, 0) is 31.1 Å². The zero-order valence-electron chi connectivity index (χ0n) is 10.4. The lowest BCUT2D eigenvalue weighted by atomic mass is 9.80. The second kappa shape index (κ2) is 5.17. The van der Waals surface area contributed by atoms with Crippen molar-refractivity contribution >= 4 is 25.8 Å². The van der Waals surface area contributed by atoms with Crippen molar-refractivity contribution in [2.75, 3.05) is 11.5 Å². The molecule has 5 atom stereocenters. The van der Waals surface area contributed by atoms with Crippen molar-refractivity contribution in [2.24, 2.45) is 11.8 Å². The molecule has 0 aromatic rings. The fraction of sp³-hybridized carbons (Fsp3) is 1.00. The number of alkyl halides is 1. The number of ether oxygens (including phenoxy) is 1. The molecule has 2 fully saturated rings. The van der Waals surface area contributed by atoms with Gasteiger partial charge >= 0.3 is 0 Å². The molecule has 0 spiro atoms. The lowest BCUT2D eigenvalue weighted by Gasteiger charge is -2.33. The number of hydrogen-bond donors (Lipinski definition) is 0. The summed E-state index contributed by atoms with van der Waals surface area (Å²) in [5.74, 6) is 1.85. The van der Waals surface area contributed by atoms with Crippen molar-refractivity contribution in [2.45, 2.75) is 50.1 Å². The van der Waals surface area contributed by atoms with Gasteiger partial charge in [0.25, 0.3) is 0 Å². The van der Waals surface area contributed by atoms with E-state index in [1.54, 1.807) is 0 Å². The number of rotatable bonds is 2. The van der Waals surface area contributed by atoms with E-state index in [0.717, 1.165) is 18.8 Å². The van der Waals surface area contributed by atoms with Gasteiger partial charge in [-0.3, -0.25) is 0 Å².